The molecule has 0 saturated heterocycles. The third-order valence-corrected chi connectivity index (χ3v) is 4.75. The summed E-state index contributed by atoms with van der Waals surface area (Å²) in [6, 6.07) is 2.81. The molecule has 1 aromatic rings. The molecule has 0 spiro atoms. The Hall–Kier alpha value is -0.830. The molecular weight excluding hydrogens is 246 g/mol. The summed E-state index contributed by atoms with van der Waals surface area (Å²) in [5.41, 5.74) is 1.90. The summed E-state index contributed by atoms with van der Waals surface area (Å²) >= 11 is 0. The number of hydrogen-bond donors (Lipinski definition) is 1. The number of nitrogens with one attached hydrogen (secondary N) is 1. The van der Waals surface area contributed by atoms with Crippen molar-refractivity contribution in [2.45, 2.75) is 72.4 Å². The van der Waals surface area contributed by atoms with Crippen LogP contribution >= 0.6 is 0 Å². The molecule has 2 unspecified atom stereocenters. The van der Waals surface area contributed by atoms with E-state index in [-0.39, 0.29) is 0 Å². The van der Waals surface area contributed by atoms with Gasteiger partial charge in [-0.3, -0.25) is 4.68 Å². The predicted molar refractivity (Wildman–Crippen MR) is 84.9 cm³/mol. The first-order valence-electron chi connectivity index (χ1n) is 8.18. The quantitative estimate of drug-likeness (QED) is 0.887. The third kappa shape index (κ3) is 3.63. The second kappa shape index (κ2) is 6.30. The lowest BCUT2D eigenvalue weighted by Crippen LogP contribution is -2.37. The molecule has 0 aliphatic heterocycles. The highest BCUT2D eigenvalue weighted by atomic mass is 15.3. The van der Waals surface area contributed by atoms with Gasteiger partial charge >= 0.3 is 0 Å². The van der Waals surface area contributed by atoms with Gasteiger partial charge < -0.3 is 5.32 Å². The fourth-order valence-corrected chi connectivity index (χ4v) is 3.54. The maximum absolute atomic E-state index is 4.48. The molecule has 114 valence electrons. The van der Waals surface area contributed by atoms with Crippen molar-refractivity contribution in [1.82, 2.24) is 15.1 Å². The lowest BCUT2D eigenvalue weighted by Gasteiger charge is -2.41. The van der Waals surface area contributed by atoms with Crippen LogP contribution in [0.25, 0.3) is 0 Å². The van der Waals surface area contributed by atoms with Gasteiger partial charge in [0.15, 0.2) is 0 Å². The normalized spacial score (nSPS) is 26.1. The minimum absolute atomic E-state index is 0.460. The molecule has 0 amide bonds. The van der Waals surface area contributed by atoms with E-state index in [4.69, 9.17) is 0 Å². The maximum Gasteiger partial charge on any atom is 0.0492 e. The van der Waals surface area contributed by atoms with Crippen LogP contribution < -0.4 is 5.32 Å². The minimum Gasteiger partial charge on any atom is -0.314 e. The average molecular weight is 277 g/mol. The Bertz CT molecular complexity index is 418. The second-order valence-electron chi connectivity index (χ2n) is 7.41. The topological polar surface area (TPSA) is 29.9 Å². The molecule has 3 nitrogen and oxygen atoms in total. The van der Waals surface area contributed by atoms with Gasteiger partial charge in [0.25, 0.3) is 0 Å². The average Bonchev–Trinajstić information content (AvgIpc) is 2.84. The van der Waals surface area contributed by atoms with E-state index in [0.717, 1.165) is 19.0 Å². The van der Waals surface area contributed by atoms with Crippen LogP contribution in [0.3, 0.4) is 0 Å². The minimum atomic E-state index is 0.460. The van der Waals surface area contributed by atoms with E-state index in [1.165, 1.54) is 25.0 Å². The highest BCUT2D eigenvalue weighted by molar-refractivity contribution is 5.12. The first kappa shape index (κ1) is 15.6. The first-order valence-corrected chi connectivity index (χ1v) is 8.18. The highest BCUT2D eigenvalue weighted by Gasteiger charge is 2.36. The molecule has 1 fully saturated rings. The molecule has 3 heteroatoms. The zero-order chi connectivity index (χ0) is 14.8. The Morgan fingerprint density at radius 3 is 2.85 bits per heavy atom. The van der Waals surface area contributed by atoms with Gasteiger partial charge in [0.2, 0.25) is 0 Å². The summed E-state index contributed by atoms with van der Waals surface area (Å²) in [7, 11) is 0. The standard InChI is InChI=1S/C17H31N3/c1-6-20-16(8-10-19-20)15-11-17(4,5)9-7-14(15)12-18-13(2)3/h8,10,13-15,18H,6-7,9,11-12H2,1-5H3. The SMILES string of the molecule is CCn1nccc1C1CC(C)(C)CCC1CNC(C)C. The second-order valence-corrected chi connectivity index (χ2v) is 7.41. The molecule has 1 aliphatic rings. The molecular formula is C17H31N3. The lowest BCUT2D eigenvalue weighted by molar-refractivity contribution is 0.153. The molecule has 1 N–H and O–H groups in total. The zero-order valence-electron chi connectivity index (χ0n) is 13.8. The van der Waals surface area contributed by atoms with E-state index in [1.54, 1.807) is 0 Å². The van der Waals surface area contributed by atoms with Crippen LogP contribution in [0.5, 0.6) is 0 Å². The van der Waals surface area contributed by atoms with Crippen molar-refractivity contribution in [3.8, 4) is 0 Å². The molecule has 0 aromatic carbocycles. The molecule has 1 heterocycles. The van der Waals surface area contributed by atoms with Crippen LogP contribution in [-0.4, -0.2) is 22.4 Å². The van der Waals surface area contributed by atoms with Crippen molar-refractivity contribution in [2.24, 2.45) is 11.3 Å². The van der Waals surface area contributed by atoms with Crippen molar-refractivity contribution >= 4 is 0 Å². The number of nitrogens with zero attached hydrogens (tertiary/aromatic N) is 2. The van der Waals surface area contributed by atoms with Crippen LogP contribution in [0, 0.1) is 11.3 Å². The fraction of sp³-hybridized carbons (Fsp3) is 0.824. The molecule has 0 bridgehead atoms. The molecule has 20 heavy (non-hydrogen) atoms. The Labute approximate surface area is 124 Å². The third-order valence-electron chi connectivity index (χ3n) is 4.75. The number of aromatic nitrogens is 2. The van der Waals surface area contributed by atoms with E-state index < -0.39 is 0 Å². The van der Waals surface area contributed by atoms with Crippen LogP contribution in [0.4, 0.5) is 0 Å². The monoisotopic (exact) mass is 277 g/mol. The number of rotatable bonds is 5. The summed E-state index contributed by atoms with van der Waals surface area (Å²) in [5, 5.41) is 8.13. The van der Waals surface area contributed by atoms with E-state index in [9.17, 15) is 0 Å². The van der Waals surface area contributed by atoms with Crippen LogP contribution in [0.15, 0.2) is 12.3 Å². The van der Waals surface area contributed by atoms with E-state index in [0.29, 0.717) is 17.4 Å². The molecule has 2 atom stereocenters. The van der Waals surface area contributed by atoms with Gasteiger partial charge in [-0.25, -0.2) is 0 Å². The van der Waals surface area contributed by atoms with Crippen LogP contribution in [0.2, 0.25) is 0 Å². The van der Waals surface area contributed by atoms with Crippen molar-refractivity contribution in [2.75, 3.05) is 6.54 Å². The number of aryl methyl sites for hydroxylation is 1. The summed E-state index contributed by atoms with van der Waals surface area (Å²) in [5.74, 6) is 1.39. The van der Waals surface area contributed by atoms with Gasteiger partial charge in [-0.1, -0.05) is 27.7 Å². The van der Waals surface area contributed by atoms with E-state index in [1.807, 2.05) is 6.20 Å². The van der Waals surface area contributed by atoms with Crippen LogP contribution in [0.1, 0.15) is 65.5 Å². The molecule has 1 aliphatic carbocycles. The lowest BCUT2D eigenvalue weighted by atomic mass is 9.66. The summed E-state index contributed by atoms with van der Waals surface area (Å²) in [6.07, 6.45) is 5.91. The van der Waals surface area contributed by atoms with E-state index in [2.05, 4.69) is 55.8 Å². The van der Waals surface area contributed by atoms with Crippen molar-refractivity contribution in [3.63, 3.8) is 0 Å². The summed E-state index contributed by atoms with van der Waals surface area (Å²) in [4.78, 5) is 0. The molecule has 1 aromatic heterocycles. The van der Waals surface area contributed by atoms with Crippen molar-refractivity contribution < 1.29 is 0 Å². The van der Waals surface area contributed by atoms with Gasteiger partial charge in [-0.05, 0) is 50.1 Å². The Kier molecular flexibility index (Phi) is 4.90. The van der Waals surface area contributed by atoms with Gasteiger partial charge in [-0.15, -0.1) is 0 Å². The maximum atomic E-state index is 4.48. The fourth-order valence-electron chi connectivity index (χ4n) is 3.54. The highest BCUT2D eigenvalue weighted by Crippen LogP contribution is 2.46. The van der Waals surface area contributed by atoms with E-state index >= 15 is 0 Å². The Morgan fingerprint density at radius 2 is 2.20 bits per heavy atom. The molecule has 1 saturated carbocycles. The van der Waals surface area contributed by atoms with Crippen molar-refractivity contribution in [3.05, 3.63) is 18.0 Å². The largest absolute Gasteiger partial charge is 0.314 e. The van der Waals surface area contributed by atoms with Crippen LogP contribution in [-0.2, 0) is 6.54 Å². The zero-order valence-corrected chi connectivity index (χ0v) is 13.8. The summed E-state index contributed by atoms with van der Waals surface area (Å²) < 4.78 is 2.19. The first-order chi connectivity index (χ1) is 9.43. The smallest absolute Gasteiger partial charge is 0.0492 e. The Morgan fingerprint density at radius 1 is 1.45 bits per heavy atom. The van der Waals surface area contributed by atoms with Gasteiger partial charge in [-0.2, -0.15) is 5.10 Å². The molecule has 0 radical (unpaired) electrons. The number of hydrogen-bond acceptors (Lipinski definition) is 2. The van der Waals surface area contributed by atoms with Crippen molar-refractivity contribution in [1.29, 1.82) is 0 Å². The molecule has 2 rings (SSSR count). The summed E-state index contributed by atoms with van der Waals surface area (Å²) in [6.45, 7) is 13.6. The predicted octanol–water partition coefficient (Wildman–Crippen LogP) is 3.81. The van der Waals surface area contributed by atoms with Gasteiger partial charge in [0.05, 0.1) is 0 Å². The Balaban J connectivity index is 2.18. The van der Waals surface area contributed by atoms with Gasteiger partial charge in [0, 0.05) is 30.4 Å². The van der Waals surface area contributed by atoms with Gasteiger partial charge in [0.1, 0.15) is 0 Å².